The number of amides is 1. The van der Waals surface area contributed by atoms with Crippen molar-refractivity contribution in [3.8, 4) is 16.9 Å². The fourth-order valence-electron chi connectivity index (χ4n) is 3.92. The minimum absolute atomic E-state index is 0.0517. The van der Waals surface area contributed by atoms with Crippen molar-refractivity contribution in [2.24, 2.45) is 5.73 Å². The van der Waals surface area contributed by atoms with E-state index in [0.717, 1.165) is 24.1 Å². The van der Waals surface area contributed by atoms with Crippen molar-refractivity contribution in [3.63, 3.8) is 0 Å². The molecule has 0 unspecified atom stereocenters. The highest BCUT2D eigenvalue weighted by Crippen LogP contribution is 2.34. The maximum Gasteiger partial charge on any atom is 0.416 e. The van der Waals surface area contributed by atoms with Gasteiger partial charge in [0, 0.05) is 19.2 Å². The predicted octanol–water partition coefficient (Wildman–Crippen LogP) is 4.88. The zero-order valence-corrected chi connectivity index (χ0v) is 19.1. The van der Waals surface area contributed by atoms with Crippen molar-refractivity contribution in [1.82, 2.24) is 10.3 Å². The lowest BCUT2D eigenvalue weighted by molar-refractivity contribution is -0.137. The van der Waals surface area contributed by atoms with E-state index < -0.39 is 11.7 Å². The quantitative estimate of drug-likeness (QED) is 0.498. The summed E-state index contributed by atoms with van der Waals surface area (Å²) in [5.41, 5.74) is 7.84. The van der Waals surface area contributed by atoms with Crippen LogP contribution in [0.25, 0.3) is 11.1 Å². The van der Waals surface area contributed by atoms with Crippen molar-refractivity contribution in [3.05, 3.63) is 83.2 Å². The SMILES string of the molecule is C[C@@H](NC(=O)c1cncc(O[C@H]2CCOC2)c1)c1ccc(-c2cc(C(F)(F)F)ccc2CN)cc1. The first kappa shape index (κ1) is 24.7. The van der Waals surface area contributed by atoms with Gasteiger partial charge < -0.3 is 20.5 Å². The number of hydrogen-bond acceptors (Lipinski definition) is 5. The largest absolute Gasteiger partial charge is 0.486 e. The molecular weight excluding hydrogens is 459 g/mol. The molecule has 0 radical (unpaired) electrons. The Bertz CT molecular complexity index is 1180. The van der Waals surface area contributed by atoms with Gasteiger partial charge in [-0.3, -0.25) is 9.78 Å². The van der Waals surface area contributed by atoms with Gasteiger partial charge in [0.2, 0.25) is 0 Å². The molecule has 1 saturated heterocycles. The zero-order valence-electron chi connectivity index (χ0n) is 19.1. The summed E-state index contributed by atoms with van der Waals surface area (Å²) in [5.74, 6) is 0.187. The van der Waals surface area contributed by atoms with Gasteiger partial charge in [-0.15, -0.1) is 0 Å². The number of halogens is 3. The Kier molecular flexibility index (Phi) is 7.37. The minimum atomic E-state index is -4.44. The fourth-order valence-corrected chi connectivity index (χ4v) is 3.92. The number of carbonyl (C=O) groups is 1. The first-order valence-corrected chi connectivity index (χ1v) is 11.3. The van der Waals surface area contributed by atoms with Gasteiger partial charge in [0.05, 0.1) is 36.6 Å². The summed E-state index contributed by atoms with van der Waals surface area (Å²) in [5, 5.41) is 2.92. The molecule has 1 aromatic heterocycles. The van der Waals surface area contributed by atoms with E-state index in [2.05, 4.69) is 10.3 Å². The number of carbonyl (C=O) groups excluding carboxylic acids is 1. The summed E-state index contributed by atoms with van der Waals surface area (Å²) in [4.78, 5) is 16.9. The Balaban J connectivity index is 1.46. The third kappa shape index (κ3) is 5.98. The van der Waals surface area contributed by atoms with Crippen LogP contribution >= 0.6 is 0 Å². The highest BCUT2D eigenvalue weighted by Gasteiger charge is 2.31. The molecule has 3 aromatic rings. The van der Waals surface area contributed by atoms with Crippen molar-refractivity contribution in [1.29, 1.82) is 0 Å². The van der Waals surface area contributed by atoms with E-state index in [1.54, 1.807) is 36.5 Å². The lowest BCUT2D eigenvalue weighted by Crippen LogP contribution is -2.27. The summed E-state index contributed by atoms with van der Waals surface area (Å²) in [6.45, 7) is 3.10. The number of pyridine rings is 1. The highest BCUT2D eigenvalue weighted by molar-refractivity contribution is 5.94. The minimum Gasteiger partial charge on any atom is -0.486 e. The first-order chi connectivity index (χ1) is 16.7. The Hall–Kier alpha value is -3.43. The van der Waals surface area contributed by atoms with Crippen LogP contribution in [0.4, 0.5) is 13.2 Å². The van der Waals surface area contributed by atoms with Crippen molar-refractivity contribution >= 4 is 5.91 Å². The number of ether oxygens (including phenoxy) is 2. The van der Waals surface area contributed by atoms with Crippen LogP contribution in [-0.4, -0.2) is 30.2 Å². The molecule has 2 heterocycles. The molecule has 2 atom stereocenters. The van der Waals surface area contributed by atoms with E-state index in [1.807, 2.05) is 6.92 Å². The fraction of sp³-hybridized carbons (Fsp3) is 0.308. The standard InChI is InChI=1S/C26H26F3N3O3/c1-16(32-25(33)20-10-23(14-31-13-20)35-22-8-9-34-15-22)17-2-4-18(5-3-17)24-11-21(26(27,28)29)7-6-19(24)12-30/h2-7,10-11,13-14,16,22H,8-9,12,15,30H2,1H3,(H,32,33)/t16-,22+/m1/s1. The smallest absolute Gasteiger partial charge is 0.416 e. The number of rotatable bonds is 7. The van der Waals surface area contributed by atoms with Crippen LogP contribution in [0.15, 0.2) is 60.9 Å². The first-order valence-electron chi connectivity index (χ1n) is 11.3. The Labute approximate surface area is 201 Å². The van der Waals surface area contributed by atoms with E-state index in [-0.39, 0.29) is 24.6 Å². The lowest BCUT2D eigenvalue weighted by atomic mass is 9.95. The molecular formula is C26H26F3N3O3. The molecule has 6 nitrogen and oxygen atoms in total. The van der Waals surface area contributed by atoms with E-state index in [0.29, 0.717) is 41.2 Å². The normalized spacial score (nSPS) is 16.7. The molecule has 0 bridgehead atoms. The molecule has 3 N–H and O–H groups in total. The molecule has 0 aliphatic carbocycles. The summed E-state index contributed by atoms with van der Waals surface area (Å²) in [6, 6.07) is 11.9. The molecule has 0 saturated carbocycles. The van der Waals surface area contributed by atoms with Crippen LogP contribution in [0.1, 0.15) is 46.4 Å². The summed E-state index contributed by atoms with van der Waals surface area (Å²) < 4.78 is 50.7. The number of nitrogens with two attached hydrogens (primary N) is 1. The molecule has 1 aliphatic heterocycles. The number of benzene rings is 2. The molecule has 1 amide bonds. The van der Waals surface area contributed by atoms with Gasteiger partial charge in [-0.05, 0) is 47.4 Å². The average molecular weight is 486 g/mol. The number of aromatic nitrogens is 1. The van der Waals surface area contributed by atoms with Crippen LogP contribution in [0.2, 0.25) is 0 Å². The Morgan fingerprint density at radius 2 is 1.97 bits per heavy atom. The summed E-state index contributed by atoms with van der Waals surface area (Å²) >= 11 is 0. The third-order valence-corrected chi connectivity index (χ3v) is 5.89. The molecule has 2 aromatic carbocycles. The van der Waals surface area contributed by atoms with Crippen LogP contribution in [0.5, 0.6) is 5.75 Å². The molecule has 4 rings (SSSR count). The van der Waals surface area contributed by atoms with Gasteiger partial charge in [0.25, 0.3) is 5.91 Å². The maximum absolute atomic E-state index is 13.2. The molecule has 35 heavy (non-hydrogen) atoms. The number of alkyl halides is 3. The predicted molar refractivity (Wildman–Crippen MR) is 125 cm³/mol. The summed E-state index contributed by atoms with van der Waals surface area (Å²) in [6.07, 6.45) is -0.685. The highest BCUT2D eigenvalue weighted by atomic mass is 19.4. The van der Waals surface area contributed by atoms with Crippen LogP contribution < -0.4 is 15.8 Å². The zero-order chi connectivity index (χ0) is 25.0. The second kappa shape index (κ2) is 10.5. The molecule has 9 heteroatoms. The van der Waals surface area contributed by atoms with E-state index in [1.165, 1.54) is 12.3 Å². The number of nitrogens with one attached hydrogen (secondary N) is 1. The maximum atomic E-state index is 13.2. The van der Waals surface area contributed by atoms with Gasteiger partial charge in [-0.25, -0.2) is 0 Å². The van der Waals surface area contributed by atoms with Crippen molar-refractivity contribution in [2.45, 2.75) is 38.2 Å². The lowest BCUT2D eigenvalue weighted by Gasteiger charge is -2.17. The molecule has 0 spiro atoms. The number of hydrogen-bond donors (Lipinski definition) is 2. The Morgan fingerprint density at radius 1 is 1.20 bits per heavy atom. The van der Waals surface area contributed by atoms with Gasteiger partial charge >= 0.3 is 6.18 Å². The van der Waals surface area contributed by atoms with Gasteiger partial charge in [0.15, 0.2) is 0 Å². The number of nitrogens with zero attached hydrogens (tertiary/aromatic N) is 1. The van der Waals surface area contributed by atoms with Crippen LogP contribution in [0.3, 0.4) is 0 Å². The van der Waals surface area contributed by atoms with E-state index >= 15 is 0 Å². The third-order valence-electron chi connectivity index (χ3n) is 5.89. The molecule has 1 aliphatic rings. The van der Waals surface area contributed by atoms with Crippen molar-refractivity contribution < 1.29 is 27.4 Å². The van der Waals surface area contributed by atoms with E-state index in [4.69, 9.17) is 15.2 Å². The summed E-state index contributed by atoms with van der Waals surface area (Å²) in [7, 11) is 0. The van der Waals surface area contributed by atoms with Crippen LogP contribution in [0, 0.1) is 0 Å². The van der Waals surface area contributed by atoms with Crippen LogP contribution in [-0.2, 0) is 17.5 Å². The van der Waals surface area contributed by atoms with Gasteiger partial charge in [-0.1, -0.05) is 30.3 Å². The Morgan fingerprint density at radius 3 is 2.63 bits per heavy atom. The van der Waals surface area contributed by atoms with Gasteiger partial charge in [-0.2, -0.15) is 13.2 Å². The van der Waals surface area contributed by atoms with Crippen molar-refractivity contribution in [2.75, 3.05) is 13.2 Å². The second-order valence-corrected chi connectivity index (χ2v) is 8.40. The average Bonchev–Trinajstić information content (AvgIpc) is 3.36. The van der Waals surface area contributed by atoms with E-state index in [9.17, 15) is 18.0 Å². The molecule has 1 fully saturated rings. The monoisotopic (exact) mass is 485 g/mol. The van der Waals surface area contributed by atoms with Gasteiger partial charge in [0.1, 0.15) is 11.9 Å². The second-order valence-electron chi connectivity index (χ2n) is 8.40. The topological polar surface area (TPSA) is 86.5 Å². The molecule has 184 valence electrons.